The van der Waals surface area contributed by atoms with E-state index in [4.69, 9.17) is 16.9 Å². The van der Waals surface area contributed by atoms with Crippen LogP contribution in [0, 0.1) is 18.3 Å². The van der Waals surface area contributed by atoms with E-state index in [-0.39, 0.29) is 0 Å². The van der Waals surface area contributed by atoms with Crippen molar-refractivity contribution in [3.8, 4) is 23.1 Å². The first-order chi connectivity index (χ1) is 14.2. The maximum atomic E-state index is 8.96. The predicted octanol–water partition coefficient (Wildman–Crippen LogP) is 6.06. The Hall–Kier alpha value is -3.07. The van der Waals surface area contributed by atoms with Gasteiger partial charge in [0.05, 0.1) is 16.7 Å². The van der Waals surface area contributed by atoms with Crippen LogP contribution in [-0.2, 0) is 5.75 Å². The third kappa shape index (κ3) is 4.19. The summed E-state index contributed by atoms with van der Waals surface area (Å²) >= 11 is 8.04. The van der Waals surface area contributed by atoms with Crippen molar-refractivity contribution in [1.29, 1.82) is 5.26 Å². The molecule has 0 bridgehead atoms. The minimum Gasteiger partial charge on any atom is -0.270 e. The van der Waals surface area contributed by atoms with Crippen LogP contribution in [-0.4, -0.2) is 14.8 Å². The van der Waals surface area contributed by atoms with Gasteiger partial charge in [-0.3, -0.25) is 4.57 Å². The fraction of sp³-hybridized carbons (Fsp3) is 0.0870. The summed E-state index contributed by atoms with van der Waals surface area (Å²) < 4.78 is 2.04. The molecule has 0 unspecified atom stereocenters. The second-order valence-corrected chi connectivity index (χ2v) is 7.90. The van der Waals surface area contributed by atoms with Crippen LogP contribution in [0.2, 0.25) is 5.02 Å². The normalized spacial score (nSPS) is 10.7. The fourth-order valence-electron chi connectivity index (χ4n) is 2.93. The largest absolute Gasteiger partial charge is 0.270 e. The van der Waals surface area contributed by atoms with E-state index in [1.165, 1.54) is 5.56 Å². The smallest absolute Gasteiger partial charge is 0.196 e. The van der Waals surface area contributed by atoms with Crippen LogP contribution in [0.5, 0.6) is 0 Å². The summed E-state index contributed by atoms with van der Waals surface area (Å²) in [6, 6.07) is 25.6. The number of hydrogen-bond acceptors (Lipinski definition) is 4. The highest BCUT2D eigenvalue weighted by atomic mass is 35.5. The number of benzene rings is 3. The van der Waals surface area contributed by atoms with Crippen LogP contribution >= 0.6 is 23.4 Å². The zero-order chi connectivity index (χ0) is 20.2. The molecule has 0 aliphatic rings. The highest BCUT2D eigenvalue weighted by Crippen LogP contribution is 2.33. The highest BCUT2D eigenvalue weighted by molar-refractivity contribution is 7.98. The van der Waals surface area contributed by atoms with E-state index >= 15 is 0 Å². The number of nitriles is 1. The van der Waals surface area contributed by atoms with Gasteiger partial charge in [0.1, 0.15) is 0 Å². The topological polar surface area (TPSA) is 54.5 Å². The molecule has 1 aromatic heterocycles. The summed E-state index contributed by atoms with van der Waals surface area (Å²) in [6.07, 6.45) is 0. The molecule has 29 heavy (non-hydrogen) atoms. The van der Waals surface area contributed by atoms with E-state index in [9.17, 15) is 0 Å². The SMILES string of the molecule is Cc1ccc(-n2c(SCc3ccc(C#N)cc3)nnc2-c2ccccc2Cl)cc1. The fourth-order valence-corrected chi connectivity index (χ4v) is 4.06. The molecule has 0 N–H and O–H groups in total. The molecule has 142 valence electrons. The predicted molar refractivity (Wildman–Crippen MR) is 117 cm³/mol. The van der Waals surface area contributed by atoms with Crippen LogP contribution in [0.1, 0.15) is 16.7 Å². The van der Waals surface area contributed by atoms with Gasteiger partial charge in [-0.05, 0) is 48.9 Å². The molecule has 0 saturated carbocycles. The number of nitrogens with zero attached hydrogens (tertiary/aromatic N) is 4. The standard InChI is InChI=1S/C23H17ClN4S/c1-16-6-12-19(13-7-16)28-22(20-4-2-3-5-21(20)24)26-27-23(28)29-15-18-10-8-17(14-25)9-11-18/h2-13H,15H2,1H3. The average molecular weight is 417 g/mol. The van der Waals surface area contributed by atoms with Gasteiger partial charge in [0, 0.05) is 17.0 Å². The van der Waals surface area contributed by atoms with Gasteiger partial charge in [-0.1, -0.05) is 65.3 Å². The Bertz CT molecular complexity index is 1170. The number of aromatic nitrogens is 3. The lowest BCUT2D eigenvalue weighted by Crippen LogP contribution is -2.00. The molecule has 3 aromatic carbocycles. The number of hydrogen-bond donors (Lipinski definition) is 0. The van der Waals surface area contributed by atoms with Gasteiger partial charge in [0.2, 0.25) is 0 Å². The molecule has 0 aliphatic carbocycles. The average Bonchev–Trinajstić information content (AvgIpc) is 3.17. The van der Waals surface area contributed by atoms with Crippen LogP contribution in [0.25, 0.3) is 17.1 Å². The summed E-state index contributed by atoms with van der Waals surface area (Å²) in [7, 11) is 0. The van der Waals surface area contributed by atoms with Crippen molar-refractivity contribution in [2.24, 2.45) is 0 Å². The summed E-state index contributed by atoms with van der Waals surface area (Å²) in [6.45, 7) is 2.06. The Balaban J connectivity index is 1.72. The third-order valence-electron chi connectivity index (χ3n) is 4.49. The maximum absolute atomic E-state index is 8.96. The number of halogens is 1. The van der Waals surface area contributed by atoms with Crippen LogP contribution in [0.4, 0.5) is 0 Å². The first-order valence-corrected chi connectivity index (χ1v) is 10.4. The van der Waals surface area contributed by atoms with E-state index in [1.807, 2.05) is 53.1 Å². The Morgan fingerprint density at radius 1 is 0.966 bits per heavy atom. The molecule has 4 rings (SSSR count). The zero-order valence-corrected chi connectivity index (χ0v) is 17.3. The van der Waals surface area contributed by atoms with Crippen LogP contribution < -0.4 is 0 Å². The summed E-state index contributed by atoms with van der Waals surface area (Å²) in [5.41, 5.74) is 4.78. The first kappa shape index (κ1) is 19.3. The van der Waals surface area contributed by atoms with Crippen molar-refractivity contribution in [1.82, 2.24) is 14.8 Å². The van der Waals surface area contributed by atoms with E-state index in [0.29, 0.717) is 16.4 Å². The lowest BCUT2D eigenvalue weighted by molar-refractivity contribution is 0.885. The molecule has 0 aliphatic heterocycles. The molecule has 1 heterocycles. The van der Waals surface area contributed by atoms with Crippen molar-refractivity contribution in [2.45, 2.75) is 17.8 Å². The van der Waals surface area contributed by atoms with Gasteiger partial charge in [-0.2, -0.15) is 5.26 Å². The summed E-state index contributed by atoms with van der Waals surface area (Å²) in [5.74, 6) is 1.43. The molecule has 6 heteroatoms. The molecular formula is C23H17ClN4S. The number of thioether (sulfide) groups is 1. The minimum atomic E-state index is 0.636. The molecule has 0 fully saturated rings. The zero-order valence-electron chi connectivity index (χ0n) is 15.7. The summed E-state index contributed by atoms with van der Waals surface area (Å²) in [4.78, 5) is 0. The van der Waals surface area contributed by atoms with Gasteiger partial charge in [0.25, 0.3) is 0 Å². The van der Waals surface area contributed by atoms with Crippen molar-refractivity contribution >= 4 is 23.4 Å². The maximum Gasteiger partial charge on any atom is 0.196 e. The first-order valence-electron chi connectivity index (χ1n) is 9.05. The molecule has 4 aromatic rings. The Morgan fingerprint density at radius 2 is 1.69 bits per heavy atom. The van der Waals surface area contributed by atoms with Gasteiger partial charge in [-0.25, -0.2) is 0 Å². The van der Waals surface area contributed by atoms with Crippen molar-refractivity contribution in [3.05, 3.63) is 94.5 Å². The second-order valence-electron chi connectivity index (χ2n) is 6.55. The lowest BCUT2D eigenvalue weighted by Gasteiger charge is -2.11. The van der Waals surface area contributed by atoms with Crippen LogP contribution in [0.15, 0.2) is 78.0 Å². The highest BCUT2D eigenvalue weighted by Gasteiger charge is 2.18. The monoisotopic (exact) mass is 416 g/mol. The molecule has 4 nitrogen and oxygen atoms in total. The van der Waals surface area contributed by atoms with E-state index in [0.717, 1.165) is 27.7 Å². The van der Waals surface area contributed by atoms with Gasteiger partial charge in [-0.15, -0.1) is 10.2 Å². The van der Waals surface area contributed by atoms with E-state index < -0.39 is 0 Å². The van der Waals surface area contributed by atoms with Crippen molar-refractivity contribution < 1.29 is 0 Å². The molecule has 0 radical (unpaired) electrons. The molecule has 0 spiro atoms. The van der Waals surface area contributed by atoms with Gasteiger partial charge in [0.15, 0.2) is 11.0 Å². The minimum absolute atomic E-state index is 0.636. The number of aryl methyl sites for hydroxylation is 1. The molecule has 0 atom stereocenters. The molecular weight excluding hydrogens is 400 g/mol. The molecule has 0 amide bonds. The van der Waals surface area contributed by atoms with Gasteiger partial charge >= 0.3 is 0 Å². The molecule has 0 saturated heterocycles. The quantitative estimate of drug-likeness (QED) is 0.371. The summed E-state index contributed by atoms with van der Waals surface area (Å²) in [5, 5.41) is 19.3. The van der Waals surface area contributed by atoms with E-state index in [1.54, 1.807) is 11.8 Å². The number of rotatable bonds is 5. The Kier molecular flexibility index (Phi) is 5.66. The van der Waals surface area contributed by atoms with E-state index in [2.05, 4.69) is 47.5 Å². The second kappa shape index (κ2) is 8.52. The van der Waals surface area contributed by atoms with Crippen molar-refractivity contribution in [2.75, 3.05) is 0 Å². The lowest BCUT2D eigenvalue weighted by atomic mass is 10.2. The van der Waals surface area contributed by atoms with Crippen molar-refractivity contribution in [3.63, 3.8) is 0 Å². The Labute approximate surface area is 178 Å². The Morgan fingerprint density at radius 3 is 2.38 bits per heavy atom. The van der Waals surface area contributed by atoms with Gasteiger partial charge < -0.3 is 0 Å². The van der Waals surface area contributed by atoms with Crippen LogP contribution in [0.3, 0.4) is 0 Å². The third-order valence-corrected chi connectivity index (χ3v) is 5.82.